The summed E-state index contributed by atoms with van der Waals surface area (Å²) in [6.07, 6.45) is 5.00. The highest BCUT2D eigenvalue weighted by Crippen LogP contribution is 2.18. The van der Waals surface area contributed by atoms with Crippen LogP contribution in [0.15, 0.2) is 34.2 Å². The van der Waals surface area contributed by atoms with Gasteiger partial charge in [-0.2, -0.15) is 0 Å². The zero-order valence-corrected chi connectivity index (χ0v) is 18.4. The van der Waals surface area contributed by atoms with Crippen LogP contribution in [0.1, 0.15) is 38.2 Å². The Morgan fingerprint density at radius 2 is 2.00 bits per heavy atom. The second kappa shape index (κ2) is 10.8. The lowest BCUT2D eigenvalue weighted by Crippen LogP contribution is -2.41. The summed E-state index contributed by atoms with van der Waals surface area (Å²) in [6.45, 7) is 5.83. The molecule has 1 atom stereocenters. The molecule has 28 heavy (non-hydrogen) atoms. The lowest BCUT2D eigenvalue weighted by atomic mass is 10.0. The minimum absolute atomic E-state index is 0.321. The molecule has 2 rings (SSSR count). The molecule has 1 heterocycles. The van der Waals surface area contributed by atoms with E-state index in [2.05, 4.69) is 27.4 Å². The molecule has 0 bridgehead atoms. The standard InChI is InChI=1S/C20H35N5O2S/c1-17-10-7-8-14-25(17)15-9-13-22-20(21-2)23-16-18-11-5-6-12-19(18)28(26,27)24(3)4/h5-6,11-12,17H,7-10,13-16H2,1-4H3,(H2,21,22,23). The molecule has 7 nitrogen and oxygen atoms in total. The number of likely N-dealkylation sites (tertiary alicyclic amines) is 1. The third-order valence-electron chi connectivity index (χ3n) is 5.26. The van der Waals surface area contributed by atoms with Crippen LogP contribution >= 0.6 is 0 Å². The zero-order valence-electron chi connectivity index (χ0n) is 17.6. The molecule has 0 radical (unpaired) electrons. The minimum atomic E-state index is -3.47. The third-order valence-corrected chi connectivity index (χ3v) is 7.17. The van der Waals surface area contributed by atoms with E-state index < -0.39 is 10.0 Å². The van der Waals surface area contributed by atoms with E-state index in [0.29, 0.717) is 23.4 Å². The topological polar surface area (TPSA) is 77.0 Å². The zero-order chi connectivity index (χ0) is 20.6. The number of nitrogens with zero attached hydrogens (tertiary/aromatic N) is 3. The molecule has 0 aliphatic carbocycles. The van der Waals surface area contributed by atoms with Gasteiger partial charge < -0.3 is 15.5 Å². The molecule has 0 spiro atoms. The van der Waals surface area contributed by atoms with Crippen molar-refractivity contribution in [3.8, 4) is 0 Å². The van der Waals surface area contributed by atoms with Crippen LogP contribution in [0.3, 0.4) is 0 Å². The molecule has 0 aromatic heterocycles. The normalized spacial score (nSPS) is 19.0. The van der Waals surface area contributed by atoms with Crippen molar-refractivity contribution in [3.05, 3.63) is 29.8 Å². The molecule has 1 aliphatic rings. The van der Waals surface area contributed by atoms with Crippen molar-refractivity contribution in [3.63, 3.8) is 0 Å². The Balaban J connectivity index is 1.84. The number of guanidine groups is 1. The molecule has 1 aromatic rings. The number of hydrogen-bond donors (Lipinski definition) is 2. The van der Waals surface area contributed by atoms with Crippen molar-refractivity contribution in [1.82, 2.24) is 19.8 Å². The highest BCUT2D eigenvalue weighted by atomic mass is 32.2. The lowest BCUT2D eigenvalue weighted by Gasteiger charge is -2.33. The number of benzene rings is 1. The summed E-state index contributed by atoms with van der Waals surface area (Å²) in [4.78, 5) is 7.13. The van der Waals surface area contributed by atoms with Gasteiger partial charge in [0, 0.05) is 46.8 Å². The molecule has 1 aromatic carbocycles. The van der Waals surface area contributed by atoms with Gasteiger partial charge in [-0.1, -0.05) is 24.6 Å². The Morgan fingerprint density at radius 1 is 1.25 bits per heavy atom. The van der Waals surface area contributed by atoms with E-state index in [1.54, 1.807) is 33.3 Å². The van der Waals surface area contributed by atoms with Gasteiger partial charge in [0.15, 0.2) is 5.96 Å². The van der Waals surface area contributed by atoms with E-state index in [1.807, 2.05) is 12.1 Å². The maximum atomic E-state index is 12.5. The third kappa shape index (κ3) is 6.18. The second-order valence-electron chi connectivity index (χ2n) is 7.48. The number of hydrogen-bond acceptors (Lipinski definition) is 4. The van der Waals surface area contributed by atoms with E-state index in [9.17, 15) is 8.42 Å². The van der Waals surface area contributed by atoms with Gasteiger partial charge in [0.1, 0.15) is 0 Å². The molecule has 0 saturated carbocycles. The van der Waals surface area contributed by atoms with Crippen LogP contribution in [0.25, 0.3) is 0 Å². The molecule has 1 aliphatic heterocycles. The number of aliphatic imine (C=N–C) groups is 1. The van der Waals surface area contributed by atoms with Gasteiger partial charge in [0.2, 0.25) is 10.0 Å². The summed E-state index contributed by atoms with van der Waals surface area (Å²) in [7, 11) is 1.34. The molecule has 0 amide bonds. The van der Waals surface area contributed by atoms with Gasteiger partial charge in [-0.3, -0.25) is 4.99 Å². The average Bonchev–Trinajstić information content (AvgIpc) is 2.68. The van der Waals surface area contributed by atoms with Crippen molar-refractivity contribution < 1.29 is 8.42 Å². The minimum Gasteiger partial charge on any atom is -0.356 e. The van der Waals surface area contributed by atoms with Gasteiger partial charge in [-0.15, -0.1) is 0 Å². The van der Waals surface area contributed by atoms with Gasteiger partial charge in [0.25, 0.3) is 0 Å². The van der Waals surface area contributed by atoms with Gasteiger partial charge in [-0.05, 0) is 44.4 Å². The van der Waals surface area contributed by atoms with Gasteiger partial charge in [-0.25, -0.2) is 12.7 Å². The van der Waals surface area contributed by atoms with E-state index >= 15 is 0 Å². The summed E-state index contributed by atoms with van der Waals surface area (Å²) in [6, 6.07) is 7.74. The largest absolute Gasteiger partial charge is 0.356 e. The van der Waals surface area contributed by atoms with E-state index in [-0.39, 0.29) is 0 Å². The Bertz CT molecular complexity index is 749. The molecule has 8 heteroatoms. The first-order valence-electron chi connectivity index (χ1n) is 10.0. The van der Waals surface area contributed by atoms with E-state index in [4.69, 9.17) is 0 Å². The van der Waals surface area contributed by atoms with Crippen LogP contribution in [0.5, 0.6) is 0 Å². The van der Waals surface area contributed by atoms with Crippen LogP contribution in [0.4, 0.5) is 0 Å². The maximum Gasteiger partial charge on any atom is 0.242 e. The first-order chi connectivity index (χ1) is 13.4. The van der Waals surface area contributed by atoms with E-state index in [1.165, 1.54) is 30.1 Å². The summed E-state index contributed by atoms with van der Waals surface area (Å²) >= 11 is 0. The monoisotopic (exact) mass is 409 g/mol. The summed E-state index contributed by atoms with van der Waals surface area (Å²) in [5.41, 5.74) is 0.723. The number of nitrogens with one attached hydrogen (secondary N) is 2. The smallest absolute Gasteiger partial charge is 0.242 e. The van der Waals surface area contributed by atoms with Crippen molar-refractivity contribution in [2.75, 3.05) is 40.8 Å². The second-order valence-corrected chi connectivity index (χ2v) is 9.60. The predicted octanol–water partition coefficient (Wildman–Crippen LogP) is 1.87. The van der Waals surface area contributed by atoms with Crippen LogP contribution in [0.2, 0.25) is 0 Å². The lowest BCUT2D eigenvalue weighted by molar-refractivity contribution is 0.159. The molecule has 1 unspecified atom stereocenters. The predicted molar refractivity (Wildman–Crippen MR) is 115 cm³/mol. The highest BCUT2D eigenvalue weighted by Gasteiger charge is 2.20. The average molecular weight is 410 g/mol. The Morgan fingerprint density at radius 3 is 2.68 bits per heavy atom. The van der Waals surface area contributed by atoms with Crippen molar-refractivity contribution >= 4 is 16.0 Å². The number of sulfonamides is 1. The number of piperidine rings is 1. The van der Waals surface area contributed by atoms with Crippen LogP contribution in [-0.2, 0) is 16.6 Å². The molecule has 1 fully saturated rings. The van der Waals surface area contributed by atoms with Crippen LogP contribution < -0.4 is 10.6 Å². The number of rotatable bonds is 8. The van der Waals surface area contributed by atoms with Crippen molar-refractivity contribution in [2.45, 2.75) is 50.1 Å². The quantitative estimate of drug-likeness (QED) is 0.389. The van der Waals surface area contributed by atoms with Gasteiger partial charge in [0.05, 0.1) is 4.90 Å². The fourth-order valence-electron chi connectivity index (χ4n) is 3.48. The Labute approximate surface area is 170 Å². The molecular formula is C20H35N5O2S. The van der Waals surface area contributed by atoms with Gasteiger partial charge >= 0.3 is 0 Å². The summed E-state index contributed by atoms with van der Waals surface area (Å²) in [5, 5.41) is 6.55. The molecule has 2 N–H and O–H groups in total. The maximum absolute atomic E-state index is 12.5. The fraction of sp³-hybridized carbons (Fsp3) is 0.650. The van der Waals surface area contributed by atoms with Crippen LogP contribution in [-0.4, -0.2) is 70.4 Å². The molecular weight excluding hydrogens is 374 g/mol. The Hall–Kier alpha value is -1.64. The van der Waals surface area contributed by atoms with E-state index in [0.717, 1.165) is 25.1 Å². The van der Waals surface area contributed by atoms with Crippen molar-refractivity contribution in [1.29, 1.82) is 0 Å². The van der Waals surface area contributed by atoms with Crippen LogP contribution in [0, 0.1) is 0 Å². The fourth-order valence-corrected chi connectivity index (χ4v) is 4.59. The molecule has 1 saturated heterocycles. The molecule has 158 valence electrons. The SMILES string of the molecule is CN=C(NCCCN1CCCCC1C)NCc1ccccc1S(=O)(=O)N(C)C. The summed E-state index contributed by atoms with van der Waals surface area (Å²) < 4.78 is 26.2. The highest BCUT2D eigenvalue weighted by molar-refractivity contribution is 7.89. The first kappa shape index (κ1) is 22.6. The Kier molecular flexibility index (Phi) is 8.72. The van der Waals surface area contributed by atoms with Crippen molar-refractivity contribution in [2.24, 2.45) is 4.99 Å². The first-order valence-corrected chi connectivity index (χ1v) is 11.5. The summed E-state index contributed by atoms with van der Waals surface area (Å²) in [5.74, 6) is 0.684.